The number of hydrogen-bond acceptors (Lipinski definition) is 13. The van der Waals surface area contributed by atoms with Crippen molar-refractivity contribution in [3.8, 4) is 22.5 Å². The molecule has 2 aromatic carbocycles. The van der Waals surface area contributed by atoms with E-state index in [1.807, 2.05) is 31.3 Å². The van der Waals surface area contributed by atoms with E-state index in [1.54, 1.807) is 109 Å². The number of aliphatic imine (C=N–C) groups is 1. The molecule has 0 saturated heterocycles. The molecule has 0 spiro atoms. The SMILES string of the molecule is CC(C)(C)OC(=O)NCc1ccc(-c2ccnc(Cl)n2)cc1Cl.CN=CC(=CN)Nc1nccc(-c2ccc(CNC(=O)OC(C)(C)C)c(Cl)c2)n1.Cn1cc(N)cn1. The maximum atomic E-state index is 11.8. The Kier molecular flexibility index (Phi) is 17.9. The molecule has 3 aromatic heterocycles. The van der Waals surface area contributed by atoms with Crippen molar-refractivity contribution in [1.29, 1.82) is 0 Å². The van der Waals surface area contributed by atoms with Gasteiger partial charge in [-0.05, 0) is 88.5 Å². The molecule has 0 bridgehead atoms. The van der Waals surface area contributed by atoms with Gasteiger partial charge in [-0.15, -0.1) is 0 Å². The Morgan fingerprint density at radius 1 is 0.814 bits per heavy atom. The van der Waals surface area contributed by atoms with Crippen molar-refractivity contribution in [3.63, 3.8) is 0 Å². The fraction of sp³-hybridized carbons (Fsp3) is 0.300. The minimum atomic E-state index is -0.557. The topological polar surface area (TPSA) is 222 Å². The van der Waals surface area contributed by atoms with Crippen molar-refractivity contribution in [1.82, 2.24) is 40.3 Å². The Bertz CT molecular complexity index is 2220. The molecular formula is C40H49Cl3N12O4. The molecule has 0 saturated carbocycles. The molecule has 2 amide bonds. The lowest BCUT2D eigenvalue weighted by Gasteiger charge is -2.19. The lowest BCUT2D eigenvalue weighted by atomic mass is 10.1. The molecule has 314 valence electrons. The number of hydrogen-bond donors (Lipinski definition) is 5. The lowest BCUT2D eigenvalue weighted by molar-refractivity contribution is 0.0512. The van der Waals surface area contributed by atoms with Gasteiger partial charge in [-0.2, -0.15) is 5.10 Å². The standard InChI is InChI=1S/C20H25ClN6O2.C16H17Cl2N3O2.C4H7N3/c1-20(2,3)29-19(28)25-11-14-6-5-13(9-16(14)21)17-7-8-24-18(27-17)26-15(10-22)12-23-4;1-16(2,3)23-15(22)20-9-11-5-4-10(8-12(11)17)13-6-7-19-14(18)21-13;1-7-3-4(5)2-6-7/h5-10,12H,11,22H2,1-4H3,(H,25,28)(H,24,26,27);4-8H,9H2,1-3H3,(H,20,22);2-3H,5H2,1H3. The van der Waals surface area contributed by atoms with Gasteiger partial charge in [0, 0.05) is 79.4 Å². The number of carbonyl (C=O) groups is 2. The number of alkyl carbamates (subject to hydrolysis) is 2. The van der Waals surface area contributed by atoms with Crippen LogP contribution in [0.2, 0.25) is 15.3 Å². The van der Waals surface area contributed by atoms with Gasteiger partial charge in [0.1, 0.15) is 11.2 Å². The minimum absolute atomic E-state index is 0.175. The van der Waals surface area contributed by atoms with Crippen LogP contribution in [0, 0.1) is 0 Å². The van der Waals surface area contributed by atoms with Crippen LogP contribution in [0.15, 0.2) is 90.2 Å². The number of nitrogens with one attached hydrogen (secondary N) is 3. The molecule has 0 aliphatic carbocycles. The number of halogens is 3. The summed E-state index contributed by atoms with van der Waals surface area (Å²) in [6, 6.07) is 14.5. The van der Waals surface area contributed by atoms with Gasteiger partial charge in [0.25, 0.3) is 0 Å². The normalized spacial score (nSPS) is 11.4. The van der Waals surface area contributed by atoms with Crippen molar-refractivity contribution >= 4 is 64.8 Å². The maximum Gasteiger partial charge on any atom is 0.407 e. The number of anilines is 2. The van der Waals surface area contributed by atoms with Crippen LogP contribution in [0.3, 0.4) is 0 Å². The number of ether oxygens (including phenoxy) is 2. The third kappa shape index (κ3) is 17.6. The number of aromatic nitrogens is 6. The van der Waals surface area contributed by atoms with Crippen LogP contribution < -0.4 is 27.4 Å². The number of allylic oxidation sites excluding steroid dienone is 1. The van der Waals surface area contributed by atoms with Crippen LogP contribution in [0.1, 0.15) is 52.7 Å². The number of benzene rings is 2. The largest absolute Gasteiger partial charge is 0.444 e. The van der Waals surface area contributed by atoms with Crippen molar-refractivity contribution < 1.29 is 19.1 Å². The highest BCUT2D eigenvalue weighted by atomic mass is 35.5. The van der Waals surface area contributed by atoms with E-state index in [4.69, 9.17) is 55.7 Å². The van der Waals surface area contributed by atoms with Gasteiger partial charge < -0.3 is 36.9 Å². The summed E-state index contributed by atoms with van der Waals surface area (Å²) in [7, 11) is 3.47. The molecule has 0 fully saturated rings. The number of aryl methyl sites for hydroxylation is 1. The zero-order valence-electron chi connectivity index (χ0n) is 34.0. The zero-order chi connectivity index (χ0) is 43.8. The second-order valence-electron chi connectivity index (χ2n) is 14.4. The molecule has 3 heterocycles. The summed E-state index contributed by atoms with van der Waals surface area (Å²) < 4.78 is 12.1. The first-order valence-electron chi connectivity index (χ1n) is 17.9. The molecule has 0 radical (unpaired) electrons. The number of carbonyl (C=O) groups excluding carboxylic acids is 2. The molecule has 16 nitrogen and oxygen atoms in total. The van der Waals surface area contributed by atoms with E-state index in [0.717, 1.165) is 22.3 Å². The molecule has 59 heavy (non-hydrogen) atoms. The fourth-order valence-corrected chi connectivity index (χ4v) is 5.21. The van der Waals surface area contributed by atoms with Crippen molar-refractivity contribution in [3.05, 3.63) is 112 Å². The molecule has 7 N–H and O–H groups in total. The summed E-state index contributed by atoms with van der Waals surface area (Å²) >= 11 is 18.4. The zero-order valence-corrected chi connectivity index (χ0v) is 36.3. The molecular weight excluding hydrogens is 819 g/mol. The first-order chi connectivity index (χ1) is 27.7. The van der Waals surface area contributed by atoms with Crippen LogP contribution in [0.5, 0.6) is 0 Å². The Balaban J connectivity index is 0.000000275. The van der Waals surface area contributed by atoms with E-state index in [2.05, 4.69) is 46.0 Å². The van der Waals surface area contributed by atoms with Crippen LogP contribution in [-0.2, 0) is 29.6 Å². The van der Waals surface area contributed by atoms with E-state index in [9.17, 15) is 9.59 Å². The van der Waals surface area contributed by atoms with Crippen LogP contribution >= 0.6 is 34.8 Å². The highest BCUT2D eigenvalue weighted by Crippen LogP contribution is 2.26. The minimum Gasteiger partial charge on any atom is -0.444 e. The van der Waals surface area contributed by atoms with E-state index in [0.29, 0.717) is 38.8 Å². The van der Waals surface area contributed by atoms with E-state index >= 15 is 0 Å². The Hall–Kier alpha value is -5.97. The van der Waals surface area contributed by atoms with Gasteiger partial charge in [-0.25, -0.2) is 29.5 Å². The van der Waals surface area contributed by atoms with Gasteiger partial charge in [0.2, 0.25) is 11.2 Å². The molecule has 19 heteroatoms. The summed E-state index contributed by atoms with van der Waals surface area (Å²) in [5.74, 6) is 0.380. The van der Waals surface area contributed by atoms with E-state index < -0.39 is 23.4 Å². The number of rotatable bonds is 9. The summed E-state index contributed by atoms with van der Waals surface area (Å²) in [5.41, 5.74) is 15.6. The molecule has 5 aromatic rings. The third-order valence-corrected chi connectivity index (χ3v) is 7.94. The highest BCUT2D eigenvalue weighted by molar-refractivity contribution is 6.32. The maximum absolute atomic E-state index is 11.8. The number of nitrogens with two attached hydrogens (primary N) is 2. The second-order valence-corrected chi connectivity index (χ2v) is 15.5. The Labute approximate surface area is 358 Å². The first kappa shape index (κ1) is 47.4. The molecule has 0 aliphatic rings. The van der Waals surface area contributed by atoms with Crippen LogP contribution in [0.4, 0.5) is 21.2 Å². The lowest BCUT2D eigenvalue weighted by Crippen LogP contribution is -2.32. The summed E-state index contributed by atoms with van der Waals surface area (Å²) in [6.45, 7) is 11.4. The molecule has 5 rings (SSSR count). The third-order valence-electron chi connectivity index (χ3n) is 7.05. The van der Waals surface area contributed by atoms with Crippen LogP contribution in [-0.4, -0.2) is 66.4 Å². The first-order valence-corrected chi connectivity index (χ1v) is 19.1. The number of nitrogen functional groups attached to an aromatic ring is 1. The molecule has 0 aliphatic heterocycles. The highest BCUT2D eigenvalue weighted by Gasteiger charge is 2.17. The molecule has 0 unspecified atom stereocenters. The quantitative estimate of drug-likeness (QED) is 0.0699. The smallest absolute Gasteiger partial charge is 0.407 e. The van der Waals surface area contributed by atoms with Gasteiger partial charge in [-0.1, -0.05) is 47.5 Å². The number of amides is 2. The van der Waals surface area contributed by atoms with Crippen molar-refractivity contribution in [2.24, 2.45) is 17.8 Å². The van der Waals surface area contributed by atoms with Crippen molar-refractivity contribution in [2.45, 2.75) is 65.8 Å². The Morgan fingerprint density at radius 2 is 1.32 bits per heavy atom. The van der Waals surface area contributed by atoms with Gasteiger partial charge in [0.15, 0.2) is 0 Å². The summed E-state index contributed by atoms with van der Waals surface area (Å²) in [4.78, 5) is 44.0. The summed E-state index contributed by atoms with van der Waals surface area (Å²) in [6.07, 6.45) is 8.54. The fourth-order valence-electron chi connectivity index (χ4n) is 4.56. The van der Waals surface area contributed by atoms with Crippen molar-refractivity contribution in [2.75, 3.05) is 18.1 Å². The predicted octanol–water partition coefficient (Wildman–Crippen LogP) is 8.21. The van der Waals surface area contributed by atoms with E-state index in [1.165, 1.54) is 6.20 Å². The number of nitrogens with zero attached hydrogens (tertiary/aromatic N) is 7. The average Bonchev–Trinajstić information content (AvgIpc) is 3.54. The van der Waals surface area contributed by atoms with E-state index in [-0.39, 0.29) is 18.4 Å². The van der Waals surface area contributed by atoms with Crippen LogP contribution in [0.25, 0.3) is 22.5 Å². The molecule has 0 atom stereocenters. The summed E-state index contributed by atoms with van der Waals surface area (Å²) in [5, 5.41) is 13.4. The second kappa shape index (κ2) is 22.3. The van der Waals surface area contributed by atoms with Gasteiger partial charge >= 0.3 is 12.2 Å². The van der Waals surface area contributed by atoms with Gasteiger partial charge in [-0.3, -0.25) is 9.67 Å². The average molecular weight is 868 g/mol. The Morgan fingerprint density at radius 3 is 1.71 bits per heavy atom. The predicted molar refractivity (Wildman–Crippen MR) is 234 cm³/mol. The van der Waals surface area contributed by atoms with Gasteiger partial charge in [0.05, 0.1) is 29.0 Å². The monoisotopic (exact) mass is 866 g/mol.